The predicted molar refractivity (Wildman–Crippen MR) is 34.2 cm³/mol. The fourth-order valence-corrected chi connectivity index (χ4v) is 0.989. The summed E-state index contributed by atoms with van der Waals surface area (Å²) in [5, 5.41) is 6.45. The van der Waals surface area contributed by atoms with Crippen molar-refractivity contribution in [1.82, 2.24) is 0 Å². The first-order valence-electron chi connectivity index (χ1n) is 2.48. The number of hydrogen-bond acceptors (Lipinski definition) is 4. The monoisotopic (exact) mass is 151 g/mol. The minimum Gasteiger partial charge on any atom is -0.312 e. The maximum Gasteiger partial charge on any atom is 0.272 e. The molecule has 0 amide bonds. The molecule has 0 aliphatic carbocycles. The van der Waals surface area contributed by atoms with E-state index in [-0.39, 0.29) is 12.4 Å². The Hall–Kier alpha value is -0.420. The molecule has 0 radical (unpaired) electrons. The third kappa shape index (κ3) is 4.11. The van der Waals surface area contributed by atoms with Crippen LogP contribution in [0.1, 0.15) is 6.92 Å². The third-order valence-electron chi connectivity index (χ3n) is 0.585. The van der Waals surface area contributed by atoms with Crippen LogP contribution in [-0.4, -0.2) is 27.0 Å². The van der Waals surface area contributed by atoms with Gasteiger partial charge >= 0.3 is 0 Å². The van der Waals surface area contributed by atoms with E-state index in [2.05, 4.69) is 4.18 Å². The van der Waals surface area contributed by atoms with Crippen LogP contribution >= 0.6 is 0 Å². The quantitative estimate of drug-likeness (QED) is 0.454. The Morgan fingerprint density at radius 2 is 2.22 bits per heavy atom. The van der Waals surface area contributed by atoms with Crippen molar-refractivity contribution in [2.45, 2.75) is 6.92 Å². The summed E-state index contributed by atoms with van der Waals surface area (Å²) in [5.74, 6) is -0.332. The molecule has 0 aliphatic rings. The normalized spacial score (nSPS) is 11.2. The van der Waals surface area contributed by atoms with Gasteiger partial charge in [-0.1, -0.05) is 0 Å². The Kier molecular flexibility index (Phi) is 3.41. The Labute approximate surface area is 54.5 Å². The van der Waals surface area contributed by atoms with Crippen LogP contribution in [0.2, 0.25) is 0 Å². The van der Waals surface area contributed by atoms with Gasteiger partial charge in [0, 0.05) is 6.21 Å². The topological polar surface area (TPSA) is 67.2 Å². The molecule has 1 N–H and O–H groups in total. The average molecular weight is 151 g/mol. The Balaban J connectivity index is 3.88. The molecule has 54 valence electrons. The zero-order valence-corrected chi connectivity index (χ0v) is 5.94. The van der Waals surface area contributed by atoms with E-state index < -0.39 is 10.1 Å². The number of rotatable bonds is 4. The second-order valence-corrected chi connectivity index (χ2v) is 3.02. The van der Waals surface area contributed by atoms with Crippen molar-refractivity contribution in [2.75, 3.05) is 12.4 Å². The van der Waals surface area contributed by atoms with Crippen LogP contribution in [0, 0.1) is 5.41 Å². The van der Waals surface area contributed by atoms with Crippen molar-refractivity contribution in [2.24, 2.45) is 0 Å². The van der Waals surface area contributed by atoms with Gasteiger partial charge in [-0.15, -0.1) is 0 Å². The van der Waals surface area contributed by atoms with E-state index in [1.54, 1.807) is 6.92 Å². The van der Waals surface area contributed by atoms with Crippen LogP contribution in [-0.2, 0) is 14.3 Å². The van der Waals surface area contributed by atoms with Crippen LogP contribution in [0.3, 0.4) is 0 Å². The van der Waals surface area contributed by atoms with Gasteiger partial charge in [0.25, 0.3) is 10.1 Å². The minimum absolute atomic E-state index is 0.135. The first-order valence-corrected chi connectivity index (χ1v) is 4.06. The van der Waals surface area contributed by atoms with Crippen molar-refractivity contribution in [3.63, 3.8) is 0 Å². The van der Waals surface area contributed by atoms with Crippen molar-refractivity contribution in [1.29, 1.82) is 5.41 Å². The molecule has 0 saturated heterocycles. The van der Waals surface area contributed by atoms with Gasteiger partial charge in [-0.25, -0.2) is 0 Å². The minimum atomic E-state index is -3.42. The van der Waals surface area contributed by atoms with Gasteiger partial charge in [-0.05, 0) is 6.92 Å². The zero-order chi connectivity index (χ0) is 7.33. The fraction of sp³-hybridized carbons (Fsp3) is 0.750. The molecule has 0 atom stereocenters. The highest BCUT2D eigenvalue weighted by molar-refractivity contribution is 7.87. The lowest BCUT2D eigenvalue weighted by Gasteiger charge is -1.96. The summed E-state index contributed by atoms with van der Waals surface area (Å²) in [6.45, 7) is 1.72. The third-order valence-corrected chi connectivity index (χ3v) is 1.75. The molecule has 0 aliphatic heterocycles. The summed E-state index contributed by atoms with van der Waals surface area (Å²) >= 11 is 0. The van der Waals surface area contributed by atoms with Gasteiger partial charge in [0.2, 0.25) is 0 Å². The first kappa shape index (κ1) is 8.58. The van der Waals surface area contributed by atoms with Crippen LogP contribution in [0.25, 0.3) is 0 Å². The molecule has 0 aromatic heterocycles. The molecule has 0 aromatic rings. The second-order valence-electron chi connectivity index (χ2n) is 1.33. The van der Waals surface area contributed by atoms with E-state index in [0.717, 1.165) is 6.21 Å². The van der Waals surface area contributed by atoms with E-state index in [4.69, 9.17) is 5.41 Å². The number of nitrogens with one attached hydrogen (secondary N) is 1. The molecule has 0 fully saturated rings. The second kappa shape index (κ2) is 3.58. The standard InChI is InChI=1S/C4H9NO3S/c1-2-8-9(6,7)4-3-5/h3,5H,2,4H2,1H3. The Morgan fingerprint density at radius 3 is 2.56 bits per heavy atom. The highest BCUT2D eigenvalue weighted by atomic mass is 32.2. The maximum atomic E-state index is 10.5. The molecule has 0 unspecified atom stereocenters. The van der Waals surface area contributed by atoms with Crippen molar-refractivity contribution < 1.29 is 12.6 Å². The van der Waals surface area contributed by atoms with Gasteiger partial charge in [-0.2, -0.15) is 8.42 Å². The molecule has 4 nitrogen and oxygen atoms in total. The van der Waals surface area contributed by atoms with Gasteiger partial charge in [-0.3, -0.25) is 4.18 Å². The lowest BCUT2D eigenvalue weighted by atomic mass is 10.9. The van der Waals surface area contributed by atoms with Gasteiger partial charge in [0.1, 0.15) is 5.75 Å². The summed E-state index contributed by atoms with van der Waals surface area (Å²) in [4.78, 5) is 0. The lowest BCUT2D eigenvalue weighted by Crippen LogP contribution is -2.10. The lowest BCUT2D eigenvalue weighted by molar-refractivity contribution is 0.341. The smallest absolute Gasteiger partial charge is 0.272 e. The molecule has 5 heteroatoms. The van der Waals surface area contributed by atoms with Crippen LogP contribution < -0.4 is 0 Å². The predicted octanol–water partition coefficient (Wildman–Crippen LogP) is 0.00227. The van der Waals surface area contributed by atoms with E-state index in [1.165, 1.54) is 0 Å². The Bertz CT molecular complexity index is 172. The van der Waals surface area contributed by atoms with Crippen LogP contribution in [0.5, 0.6) is 0 Å². The molecular formula is C4H9NO3S. The summed E-state index contributed by atoms with van der Waals surface area (Å²) in [6, 6.07) is 0. The zero-order valence-electron chi connectivity index (χ0n) is 5.12. The number of hydrogen-bond donors (Lipinski definition) is 1. The molecule has 0 aromatic carbocycles. The molecule has 0 spiro atoms. The Morgan fingerprint density at radius 1 is 1.67 bits per heavy atom. The van der Waals surface area contributed by atoms with Gasteiger partial charge in [0.15, 0.2) is 0 Å². The van der Waals surface area contributed by atoms with E-state index in [1.807, 2.05) is 0 Å². The van der Waals surface area contributed by atoms with E-state index in [0.29, 0.717) is 0 Å². The van der Waals surface area contributed by atoms with Crippen molar-refractivity contribution >= 4 is 16.3 Å². The molecule has 9 heavy (non-hydrogen) atoms. The molecular weight excluding hydrogens is 142 g/mol. The summed E-state index contributed by atoms with van der Waals surface area (Å²) in [5.41, 5.74) is 0. The summed E-state index contributed by atoms with van der Waals surface area (Å²) < 4.78 is 25.2. The van der Waals surface area contributed by atoms with Crippen molar-refractivity contribution in [3.8, 4) is 0 Å². The van der Waals surface area contributed by atoms with Crippen molar-refractivity contribution in [3.05, 3.63) is 0 Å². The molecule has 0 heterocycles. The van der Waals surface area contributed by atoms with Crippen LogP contribution in [0.15, 0.2) is 0 Å². The highest BCUT2D eigenvalue weighted by Crippen LogP contribution is 1.88. The summed E-state index contributed by atoms with van der Waals surface area (Å²) in [7, 11) is -3.42. The fourth-order valence-electron chi connectivity index (χ4n) is 0.330. The van der Waals surface area contributed by atoms with E-state index in [9.17, 15) is 8.42 Å². The van der Waals surface area contributed by atoms with Gasteiger partial charge in [0.05, 0.1) is 6.61 Å². The summed E-state index contributed by atoms with van der Waals surface area (Å²) in [6.07, 6.45) is 0.797. The highest BCUT2D eigenvalue weighted by Gasteiger charge is 2.05. The SMILES string of the molecule is CCOS(=O)(=O)CC=N. The average Bonchev–Trinajstić information content (AvgIpc) is 1.64. The molecule has 0 saturated carbocycles. The van der Waals surface area contributed by atoms with Crippen LogP contribution in [0.4, 0.5) is 0 Å². The van der Waals surface area contributed by atoms with Gasteiger partial charge < -0.3 is 5.41 Å². The molecule has 0 rings (SSSR count). The maximum absolute atomic E-state index is 10.5. The largest absolute Gasteiger partial charge is 0.312 e. The first-order chi connectivity index (χ1) is 4.12. The molecule has 0 bridgehead atoms. The van der Waals surface area contributed by atoms with E-state index >= 15 is 0 Å².